The SMILES string of the molecule is CC(C)(C)C(CCN)CCC(=O)OCc1cccc(Br)c1. The Bertz CT molecular complexity index is 454. The maximum Gasteiger partial charge on any atom is 0.306 e. The van der Waals surface area contributed by atoms with E-state index in [2.05, 4.69) is 36.7 Å². The Kier molecular flexibility index (Phi) is 7.40. The van der Waals surface area contributed by atoms with Crippen LogP contribution in [0.1, 0.15) is 45.6 Å². The first-order valence-corrected chi connectivity index (χ1v) is 8.22. The summed E-state index contributed by atoms with van der Waals surface area (Å²) in [5, 5.41) is 0. The molecule has 0 aromatic heterocycles. The minimum Gasteiger partial charge on any atom is -0.461 e. The molecule has 1 aromatic rings. The summed E-state index contributed by atoms with van der Waals surface area (Å²) in [4.78, 5) is 11.9. The lowest BCUT2D eigenvalue weighted by Gasteiger charge is -2.30. The van der Waals surface area contributed by atoms with Crippen molar-refractivity contribution in [2.75, 3.05) is 6.54 Å². The molecule has 0 saturated heterocycles. The summed E-state index contributed by atoms with van der Waals surface area (Å²) in [6, 6.07) is 7.79. The summed E-state index contributed by atoms with van der Waals surface area (Å²) in [6.45, 7) is 7.57. The van der Waals surface area contributed by atoms with Gasteiger partial charge in [0.1, 0.15) is 6.61 Å². The summed E-state index contributed by atoms with van der Waals surface area (Å²) in [7, 11) is 0. The van der Waals surface area contributed by atoms with Gasteiger partial charge in [0.25, 0.3) is 0 Å². The number of carbonyl (C=O) groups excluding carboxylic acids is 1. The molecule has 0 heterocycles. The van der Waals surface area contributed by atoms with Crippen molar-refractivity contribution in [3.8, 4) is 0 Å². The van der Waals surface area contributed by atoms with E-state index in [4.69, 9.17) is 10.5 Å². The second kappa shape index (κ2) is 8.54. The van der Waals surface area contributed by atoms with Crippen molar-refractivity contribution in [3.63, 3.8) is 0 Å². The fourth-order valence-corrected chi connectivity index (χ4v) is 2.81. The average Bonchev–Trinajstić information content (AvgIpc) is 2.40. The van der Waals surface area contributed by atoms with Crippen LogP contribution in [0, 0.1) is 11.3 Å². The van der Waals surface area contributed by atoms with E-state index in [-0.39, 0.29) is 11.4 Å². The van der Waals surface area contributed by atoms with Crippen molar-refractivity contribution in [1.82, 2.24) is 0 Å². The number of halogens is 1. The molecule has 0 radical (unpaired) electrons. The lowest BCUT2D eigenvalue weighted by atomic mass is 9.76. The van der Waals surface area contributed by atoms with Crippen LogP contribution in [-0.2, 0) is 16.1 Å². The van der Waals surface area contributed by atoms with Crippen molar-refractivity contribution in [2.45, 2.75) is 46.6 Å². The molecule has 1 unspecified atom stereocenters. The predicted octanol–water partition coefficient (Wildman–Crippen LogP) is 4.28. The van der Waals surface area contributed by atoms with Crippen LogP contribution in [0.3, 0.4) is 0 Å². The third kappa shape index (κ3) is 7.09. The van der Waals surface area contributed by atoms with Crippen molar-refractivity contribution in [2.24, 2.45) is 17.1 Å². The van der Waals surface area contributed by atoms with Crippen LogP contribution in [-0.4, -0.2) is 12.5 Å². The van der Waals surface area contributed by atoms with Crippen LogP contribution in [0.15, 0.2) is 28.7 Å². The van der Waals surface area contributed by atoms with E-state index < -0.39 is 0 Å². The molecule has 0 aliphatic carbocycles. The Balaban J connectivity index is 2.39. The van der Waals surface area contributed by atoms with Gasteiger partial charge in [-0.15, -0.1) is 0 Å². The summed E-state index contributed by atoms with van der Waals surface area (Å²) in [5.74, 6) is 0.308. The molecule has 21 heavy (non-hydrogen) atoms. The van der Waals surface area contributed by atoms with Gasteiger partial charge in [0.05, 0.1) is 0 Å². The summed E-state index contributed by atoms with van der Waals surface area (Å²) in [5.41, 5.74) is 6.82. The molecule has 1 aromatic carbocycles. The van der Waals surface area contributed by atoms with Crippen molar-refractivity contribution >= 4 is 21.9 Å². The number of carbonyl (C=O) groups is 1. The number of hydrogen-bond acceptors (Lipinski definition) is 3. The molecular formula is C17H26BrNO2. The normalized spacial score (nSPS) is 13.0. The predicted molar refractivity (Wildman–Crippen MR) is 89.8 cm³/mol. The van der Waals surface area contributed by atoms with E-state index in [1.165, 1.54) is 0 Å². The highest BCUT2D eigenvalue weighted by Crippen LogP contribution is 2.32. The first-order valence-electron chi connectivity index (χ1n) is 7.43. The van der Waals surface area contributed by atoms with E-state index in [9.17, 15) is 4.79 Å². The zero-order valence-electron chi connectivity index (χ0n) is 13.2. The molecule has 0 fully saturated rings. The molecular weight excluding hydrogens is 330 g/mol. The number of hydrogen-bond donors (Lipinski definition) is 1. The third-order valence-electron chi connectivity index (χ3n) is 3.73. The summed E-state index contributed by atoms with van der Waals surface area (Å²) >= 11 is 3.41. The van der Waals surface area contributed by atoms with Gasteiger partial charge in [0.2, 0.25) is 0 Å². The Morgan fingerprint density at radius 2 is 2.05 bits per heavy atom. The second-order valence-corrected chi connectivity index (χ2v) is 7.39. The maximum absolute atomic E-state index is 11.9. The second-order valence-electron chi connectivity index (χ2n) is 6.47. The number of esters is 1. The van der Waals surface area contributed by atoms with Gasteiger partial charge in [-0.2, -0.15) is 0 Å². The Morgan fingerprint density at radius 1 is 1.33 bits per heavy atom. The number of ether oxygens (including phenoxy) is 1. The monoisotopic (exact) mass is 355 g/mol. The molecule has 4 heteroatoms. The fourth-order valence-electron chi connectivity index (χ4n) is 2.37. The highest BCUT2D eigenvalue weighted by Gasteiger charge is 2.24. The molecule has 1 rings (SSSR count). The van der Waals surface area contributed by atoms with Gasteiger partial charge >= 0.3 is 5.97 Å². The number of rotatable bonds is 7. The molecule has 0 spiro atoms. The molecule has 1 atom stereocenters. The minimum atomic E-state index is -0.138. The van der Waals surface area contributed by atoms with Crippen molar-refractivity contribution in [1.29, 1.82) is 0 Å². The number of benzene rings is 1. The van der Waals surface area contributed by atoms with E-state index in [1.54, 1.807) is 0 Å². The zero-order chi connectivity index (χ0) is 15.9. The van der Waals surface area contributed by atoms with Gasteiger partial charge in [-0.05, 0) is 48.4 Å². The lowest BCUT2D eigenvalue weighted by Crippen LogP contribution is -2.24. The fraction of sp³-hybridized carbons (Fsp3) is 0.588. The highest BCUT2D eigenvalue weighted by molar-refractivity contribution is 9.10. The van der Waals surface area contributed by atoms with E-state index in [1.807, 2.05) is 24.3 Å². The molecule has 3 nitrogen and oxygen atoms in total. The summed E-state index contributed by atoms with van der Waals surface area (Å²) in [6.07, 6.45) is 2.23. The molecule has 0 saturated carbocycles. The smallest absolute Gasteiger partial charge is 0.306 e. The first-order chi connectivity index (χ1) is 9.82. The molecule has 0 bridgehead atoms. The van der Waals surface area contributed by atoms with Crippen LogP contribution in [0.5, 0.6) is 0 Å². The lowest BCUT2D eigenvalue weighted by molar-refractivity contribution is -0.145. The topological polar surface area (TPSA) is 52.3 Å². The van der Waals surface area contributed by atoms with Gasteiger partial charge in [0, 0.05) is 10.9 Å². The molecule has 118 valence electrons. The molecule has 2 N–H and O–H groups in total. The Hall–Kier alpha value is -0.870. The first kappa shape index (κ1) is 18.2. The van der Waals surface area contributed by atoms with Gasteiger partial charge < -0.3 is 10.5 Å². The van der Waals surface area contributed by atoms with Crippen LogP contribution in [0.2, 0.25) is 0 Å². The Labute approximate surface area is 136 Å². The van der Waals surface area contributed by atoms with Crippen LogP contribution < -0.4 is 5.73 Å². The van der Waals surface area contributed by atoms with Gasteiger partial charge in [-0.25, -0.2) is 0 Å². The molecule has 0 aliphatic rings. The van der Waals surface area contributed by atoms with E-state index in [0.29, 0.717) is 25.5 Å². The van der Waals surface area contributed by atoms with Crippen LogP contribution in [0.25, 0.3) is 0 Å². The van der Waals surface area contributed by atoms with E-state index >= 15 is 0 Å². The average molecular weight is 356 g/mol. The van der Waals surface area contributed by atoms with Gasteiger partial charge in [0.15, 0.2) is 0 Å². The van der Waals surface area contributed by atoms with Crippen LogP contribution >= 0.6 is 15.9 Å². The molecule has 0 aliphatic heterocycles. The zero-order valence-corrected chi connectivity index (χ0v) is 14.8. The Morgan fingerprint density at radius 3 is 2.62 bits per heavy atom. The van der Waals surface area contributed by atoms with Gasteiger partial charge in [-0.1, -0.05) is 48.8 Å². The summed E-state index contributed by atoms with van der Waals surface area (Å²) < 4.78 is 6.33. The van der Waals surface area contributed by atoms with Crippen LogP contribution in [0.4, 0.5) is 0 Å². The highest BCUT2D eigenvalue weighted by atomic mass is 79.9. The van der Waals surface area contributed by atoms with E-state index in [0.717, 1.165) is 22.9 Å². The largest absolute Gasteiger partial charge is 0.461 e. The van der Waals surface area contributed by atoms with Gasteiger partial charge in [-0.3, -0.25) is 4.79 Å². The number of nitrogens with two attached hydrogens (primary N) is 1. The van der Waals surface area contributed by atoms with Crippen molar-refractivity contribution in [3.05, 3.63) is 34.3 Å². The van der Waals surface area contributed by atoms with Crippen molar-refractivity contribution < 1.29 is 9.53 Å². The standard InChI is InChI=1S/C17H26BrNO2/c1-17(2,3)14(9-10-19)7-8-16(20)21-12-13-5-4-6-15(18)11-13/h4-6,11,14H,7-10,12,19H2,1-3H3. The third-order valence-corrected chi connectivity index (χ3v) is 4.22. The minimum absolute atomic E-state index is 0.138. The maximum atomic E-state index is 11.9. The quantitative estimate of drug-likeness (QED) is 0.742. The molecule has 0 amide bonds.